The molecule has 1 aliphatic rings. The first kappa shape index (κ1) is 30.8. The Morgan fingerprint density at radius 3 is 2.64 bits per heavy atom. The Kier molecular flexibility index (Phi) is 9.42. The van der Waals surface area contributed by atoms with Gasteiger partial charge in [-0.15, -0.1) is 0 Å². The molecule has 3 N–H and O–H groups in total. The lowest BCUT2D eigenvalue weighted by molar-refractivity contribution is -0.139. The number of fused-ring (bicyclic) bond motifs is 1. The van der Waals surface area contributed by atoms with Crippen LogP contribution in [0, 0.1) is 5.82 Å². The number of esters is 1. The third-order valence-electron chi connectivity index (χ3n) is 7.16. The van der Waals surface area contributed by atoms with E-state index in [1.54, 1.807) is 50.2 Å². The molecular formula is C33H32FN5O6. The number of para-hydroxylation sites is 1. The number of carbonyl (C=O) groups is 3. The van der Waals surface area contributed by atoms with Crippen LogP contribution in [0.4, 0.5) is 9.18 Å². The van der Waals surface area contributed by atoms with Gasteiger partial charge < -0.3 is 29.4 Å². The molecule has 0 aliphatic carbocycles. The monoisotopic (exact) mass is 613 g/mol. The van der Waals surface area contributed by atoms with E-state index in [1.807, 2.05) is 35.0 Å². The number of rotatable bonds is 11. The van der Waals surface area contributed by atoms with E-state index in [9.17, 15) is 18.8 Å². The Balaban J connectivity index is 1.25. The second kappa shape index (κ2) is 13.8. The minimum absolute atomic E-state index is 0.178. The molecule has 0 bridgehead atoms. The van der Waals surface area contributed by atoms with Gasteiger partial charge in [0, 0.05) is 33.9 Å². The molecule has 3 amide bonds. The van der Waals surface area contributed by atoms with Gasteiger partial charge in [-0.2, -0.15) is 5.10 Å². The van der Waals surface area contributed by atoms with E-state index >= 15 is 0 Å². The Bertz CT molecular complexity index is 1810. The van der Waals surface area contributed by atoms with Crippen molar-refractivity contribution in [2.75, 3.05) is 20.3 Å². The highest BCUT2D eigenvalue weighted by molar-refractivity contribution is 6.00. The van der Waals surface area contributed by atoms with Crippen LogP contribution in [0.1, 0.15) is 36.6 Å². The zero-order valence-corrected chi connectivity index (χ0v) is 24.9. The maximum absolute atomic E-state index is 14.3. The average Bonchev–Trinajstić information content (AvgIpc) is 3.37. The highest BCUT2D eigenvalue weighted by Crippen LogP contribution is 2.34. The molecule has 0 fully saturated rings. The number of benzene rings is 3. The molecule has 11 nitrogen and oxygen atoms in total. The largest absolute Gasteiger partial charge is 0.493 e. The molecule has 45 heavy (non-hydrogen) atoms. The fourth-order valence-electron chi connectivity index (χ4n) is 5.07. The summed E-state index contributed by atoms with van der Waals surface area (Å²) >= 11 is 0. The molecule has 0 radical (unpaired) electrons. The molecular weight excluding hydrogens is 581 g/mol. The molecule has 3 aromatic carbocycles. The van der Waals surface area contributed by atoms with Gasteiger partial charge in [-0.05, 0) is 43.7 Å². The molecule has 5 rings (SSSR count). The lowest BCUT2D eigenvalue weighted by Crippen LogP contribution is -2.45. The molecule has 0 saturated carbocycles. The lowest BCUT2D eigenvalue weighted by Gasteiger charge is -2.28. The topological polar surface area (TPSA) is 132 Å². The second-order valence-corrected chi connectivity index (χ2v) is 10.1. The number of ether oxygens (including phenoxy) is 3. The molecule has 0 spiro atoms. The summed E-state index contributed by atoms with van der Waals surface area (Å²) in [4.78, 5) is 37.4. The Morgan fingerprint density at radius 2 is 1.87 bits per heavy atom. The molecule has 1 aliphatic heterocycles. The SMILES string of the molecule is CCOC(=O)C1=C(C)NC(=O)N[C@H]1c1ccc(OCC(=O)N/N=C\c2cn(Cc3ccccc3F)c3ccccc23)c(OC)c1. The van der Waals surface area contributed by atoms with Crippen LogP contribution in [0.15, 0.2) is 89.3 Å². The summed E-state index contributed by atoms with van der Waals surface area (Å²) in [6, 6.07) is 17.9. The number of amides is 3. The summed E-state index contributed by atoms with van der Waals surface area (Å²) in [5.41, 5.74) is 5.86. The van der Waals surface area contributed by atoms with Crippen LogP contribution < -0.4 is 25.5 Å². The van der Waals surface area contributed by atoms with Crippen molar-refractivity contribution in [2.24, 2.45) is 5.10 Å². The van der Waals surface area contributed by atoms with E-state index in [1.165, 1.54) is 19.4 Å². The zero-order chi connectivity index (χ0) is 31.9. The first-order chi connectivity index (χ1) is 21.8. The van der Waals surface area contributed by atoms with E-state index in [-0.39, 0.29) is 30.4 Å². The number of urea groups is 1. The number of allylic oxidation sites excluding steroid dienone is 1. The van der Waals surface area contributed by atoms with Crippen LogP contribution in [-0.4, -0.2) is 49.0 Å². The van der Waals surface area contributed by atoms with Crippen molar-refractivity contribution >= 4 is 35.0 Å². The molecule has 0 saturated heterocycles. The number of aromatic nitrogens is 1. The van der Waals surface area contributed by atoms with Gasteiger partial charge in [0.1, 0.15) is 5.82 Å². The van der Waals surface area contributed by atoms with E-state index in [4.69, 9.17) is 14.2 Å². The highest BCUT2D eigenvalue weighted by Gasteiger charge is 2.32. The van der Waals surface area contributed by atoms with Crippen LogP contribution in [0.2, 0.25) is 0 Å². The predicted octanol–water partition coefficient (Wildman–Crippen LogP) is 4.56. The number of methoxy groups -OCH3 is 1. The molecule has 2 heterocycles. The number of hydrogen-bond donors (Lipinski definition) is 3. The fraction of sp³-hybridized carbons (Fsp3) is 0.212. The third kappa shape index (κ3) is 6.96. The standard InChI is InChI=1S/C33H32FN5O6/c1-4-44-32(41)30-20(2)36-33(42)37-31(30)21-13-14-27(28(15-21)43-3)45-19-29(40)38-35-16-23-18-39(26-12-8-6-10-24(23)26)17-22-9-5-7-11-25(22)34/h5-16,18,31H,4,17,19H2,1-3H3,(H,38,40)(H2,36,37,42)/b35-16-/t31-/m0/s1. The van der Waals surface area contributed by atoms with Gasteiger partial charge in [-0.3, -0.25) is 4.79 Å². The van der Waals surface area contributed by atoms with E-state index in [0.717, 1.165) is 16.5 Å². The maximum Gasteiger partial charge on any atom is 0.338 e. The number of hydrogen-bond acceptors (Lipinski definition) is 7. The molecule has 232 valence electrons. The van der Waals surface area contributed by atoms with Gasteiger partial charge in [0.25, 0.3) is 5.91 Å². The Morgan fingerprint density at radius 1 is 1.09 bits per heavy atom. The van der Waals surface area contributed by atoms with Gasteiger partial charge in [0.2, 0.25) is 0 Å². The van der Waals surface area contributed by atoms with Crippen molar-refractivity contribution in [1.82, 2.24) is 20.6 Å². The molecule has 0 unspecified atom stereocenters. The normalized spacial score (nSPS) is 14.7. The van der Waals surface area contributed by atoms with Gasteiger partial charge in [-0.25, -0.2) is 19.4 Å². The van der Waals surface area contributed by atoms with Crippen LogP contribution in [-0.2, 0) is 20.9 Å². The van der Waals surface area contributed by atoms with Crippen LogP contribution >= 0.6 is 0 Å². The summed E-state index contributed by atoms with van der Waals surface area (Å²) < 4.78 is 32.5. The summed E-state index contributed by atoms with van der Waals surface area (Å²) in [6.07, 6.45) is 3.38. The van der Waals surface area contributed by atoms with Crippen LogP contribution in [0.25, 0.3) is 10.9 Å². The maximum atomic E-state index is 14.3. The highest BCUT2D eigenvalue weighted by atomic mass is 19.1. The number of hydrazone groups is 1. The van der Waals surface area contributed by atoms with Crippen molar-refractivity contribution < 1.29 is 33.0 Å². The lowest BCUT2D eigenvalue weighted by atomic mass is 9.95. The van der Waals surface area contributed by atoms with E-state index in [2.05, 4.69) is 21.2 Å². The Hall–Kier alpha value is -5.65. The van der Waals surface area contributed by atoms with Crippen molar-refractivity contribution in [3.05, 3.63) is 107 Å². The quantitative estimate of drug-likeness (QED) is 0.129. The summed E-state index contributed by atoms with van der Waals surface area (Å²) in [5, 5.41) is 10.3. The Labute approximate surface area is 258 Å². The molecule has 12 heteroatoms. The number of nitrogens with zero attached hydrogens (tertiary/aromatic N) is 2. The second-order valence-electron chi connectivity index (χ2n) is 10.1. The zero-order valence-electron chi connectivity index (χ0n) is 24.9. The predicted molar refractivity (Wildman–Crippen MR) is 165 cm³/mol. The number of nitrogens with one attached hydrogen (secondary N) is 3. The third-order valence-corrected chi connectivity index (χ3v) is 7.16. The number of halogens is 1. The van der Waals surface area contributed by atoms with E-state index in [0.29, 0.717) is 29.1 Å². The molecule has 1 atom stereocenters. The number of carbonyl (C=O) groups excluding carboxylic acids is 3. The van der Waals surface area contributed by atoms with Gasteiger partial charge in [-0.1, -0.05) is 42.5 Å². The minimum atomic E-state index is -0.781. The van der Waals surface area contributed by atoms with Crippen LogP contribution in [0.3, 0.4) is 0 Å². The van der Waals surface area contributed by atoms with Crippen molar-refractivity contribution in [3.63, 3.8) is 0 Å². The summed E-state index contributed by atoms with van der Waals surface area (Å²) in [5.74, 6) is -0.786. The minimum Gasteiger partial charge on any atom is -0.493 e. The van der Waals surface area contributed by atoms with Crippen molar-refractivity contribution in [2.45, 2.75) is 26.4 Å². The smallest absolute Gasteiger partial charge is 0.338 e. The van der Waals surface area contributed by atoms with Gasteiger partial charge in [0.15, 0.2) is 18.1 Å². The first-order valence-electron chi connectivity index (χ1n) is 14.2. The first-order valence-corrected chi connectivity index (χ1v) is 14.2. The average molecular weight is 614 g/mol. The summed E-state index contributed by atoms with van der Waals surface area (Å²) in [6.45, 7) is 3.48. The van der Waals surface area contributed by atoms with Gasteiger partial charge >= 0.3 is 12.0 Å². The van der Waals surface area contributed by atoms with Crippen molar-refractivity contribution in [3.8, 4) is 11.5 Å². The summed E-state index contributed by atoms with van der Waals surface area (Å²) in [7, 11) is 1.44. The fourth-order valence-corrected chi connectivity index (χ4v) is 5.07. The molecule has 4 aromatic rings. The van der Waals surface area contributed by atoms with Crippen LogP contribution in [0.5, 0.6) is 11.5 Å². The van der Waals surface area contributed by atoms with Gasteiger partial charge in [0.05, 0.1) is 38.1 Å². The molecule has 1 aromatic heterocycles. The van der Waals surface area contributed by atoms with Crippen molar-refractivity contribution in [1.29, 1.82) is 0 Å². The van der Waals surface area contributed by atoms with E-state index < -0.39 is 23.9 Å².